The van der Waals surface area contributed by atoms with Crippen molar-refractivity contribution in [1.29, 1.82) is 0 Å². The number of nitrogens with one attached hydrogen (secondary N) is 1. The first kappa shape index (κ1) is 19.4. The largest absolute Gasteiger partial charge is 0.436 e. The van der Waals surface area contributed by atoms with Gasteiger partial charge in [-0.25, -0.2) is 4.98 Å². The van der Waals surface area contributed by atoms with Gasteiger partial charge in [-0.15, -0.1) is 0 Å². The van der Waals surface area contributed by atoms with E-state index in [1.54, 1.807) is 31.2 Å². The number of para-hydroxylation sites is 2. The van der Waals surface area contributed by atoms with Crippen molar-refractivity contribution in [3.8, 4) is 17.2 Å². The molecular weight excluding hydrogens is 380 g/mol. The van der Waals surface area contributed by atoms with Crippen LogP contribution < -0.4 is 10.1 Å². The molecule has 150 valence electrons. The molecule has 0 radical (unpaired) electrons. The highest BCUT2D eigenvalue weighted by Gasteiger charge is 2.15. The van der Waals surface area contributed by atoms with Crippen molar-refractivity contribution < 1.29 is 18.7 Å². The van der Waals surface area contributed by atoms with Gasteiger partial charge in [0, 0.05) is 23.2 Å². The van der Waals surface area contributed by atoms with Crippen LogP contribution in [0.4, 0.5) is 5.69 Å². The fourth-order valence-electron chi connectivity index (χ4n) is 3.06. The summed E-state index contributed by atoms with van der Waals surface area (Å²) in [5.74, 6) is 0.333. The highest BCUT2D eigenvalue weighted by atomic mass is 16.5. The van der Waals surface area contributed by atoms with Crippen LogP contribution in [0.15, 0.2) is 71.1 Å². The maximum atomic E-state index is 12.7. The first-order valence-corrected chi connectivity index (χ1v) is 9.63. The number of carbonyl (C=O) groups is 2. The average Bonchev–Trinajstić information content (AvgIpc) is 3.19. The third kappa shape index (κ3) is 3.93. The van der Waals surface area contributed by atoms with Crippen molar-refractivity contribution in [2.45, 2.75) is 20.3 Å². The summed E-state index contributed by atoms with van der Waals surface area (Å²) in [6, 6.07) is 19.6. The van der Waals surface area contributed by atoms with Crippen LogP contribution in [0.5, 0.6) is 5.75 Å². The van der Waals surface area contributed by atoms with Crippen molar-refractivity contribution in [2.24, 2.45) is 0 Å². The molecule has 1 aromatic heterocycles. The van der Waals surface area contributed by atoms with Crippen molar-refractivity contribution in [1.82, 2.24) is 4.98 Å². The highest BCUT2D eigenvalue weighted by Crippen LogP contribution is 2.30. The van der Waals surface area contributed by atoms with Crippen LogP contribution in [0.2, 0.25) is 0 Å². The molecule has 0 bridgehead atoms. The summed E-state index contributed by atoms with van der Waals surface area (Å²) in [6.07, 6.45) is 0.290. The van der Waals surface area contributed by atoms with E-state index in [1.165, 1.54) is 0 Å². The molecule has 0 fully saturated rings. The van der Waals surface area contributed by atoms with Crippen LogP contribution in [-0.2, 0) is 4.79 Å². The average molecular weight is 400 g/mol. The first-order chi connectivity index (χ1) is 14.5. The molecule has 1 N–H and O–H groups in total. The van der Waals surface area contributed by atoms with Gasteiger partial charge < -0.3 is 14.5 Å². The van der Waals surface area contributed by atoms with Gasteiger partial charge in [0.1, 0.15) is 11.3 Å². The van der Waals surface area contributed by atoms with Crippen LogP contribution in [0, 0.1) is 6.92 Å². The number of hydrogen-bond acceptors (Lipinski definition) is 5. The predicted molar refractivity (Wildman–Crippen MR) is 115 cm³/mol. The number of esters is 1. The Kier molecular flexibility index (Phi) is 5.30. The lowest BCUT2D eigenvalue weighted by molar-refractivity contribution is -0.134. The maximum absolute atomic E-state index is 12.7. The number of amides is 1. The molecule has 0 saturated carbocycles. The van der Waals surface area contributed by atoms with E-state index in [4.69, 9.17) is 9.15 Å². The van der Waals surface area contributed by atoms with Gasteiger partial charge in [0.2, 0.25) is 5.89 Å². The minimum atomic E-state index is -0.321. The Balaban J connectivity index is 1.55. The Bertz CT molecular complexity index is 1190. The predicted octanol–water partition coefficient (Wildman–Crippen LogP) is 5.37. The summed E-state index contributed by atoms with van der Waals surface area (Å²) in [6.45, 7) is 3.63. The molecule has 0 aliphatic rings. The van der Waals surface area contributed by atoms with E-state index in [9.17, 15) is 9.59 Å². The van der Waals surface area contributed by atoms with Crippen molar-refractivity contribution in [3.05, 3.63) is 77.9 Å². The molecule has 0 aliphatic heterocycles. The summed E-state index contributed by atoms with van der Waals surface area (Å²) in [7, 11) is 0. The SMILES string of the molecule is CCC(=O)Oc1ccc(C(=O)Nc2cccc(-c3nc4ccccc4o3)c2C)cc1. The topological polar surface area (TPSA) is 81.4 Å². The number of nitrogens with zero attached hydrogens (tertiary/aromatic N) is 1. The van der Waals surface area contributed by atoms with Crippen LogP contribution in [-0.4, -0.2) is 16.9 Å². The Morgan fingerprint density at radius 2 is 1.77 bits per heavy atom. The molecule has 0 atom stereocenters. The van der Waals surface area contributed by atoms with Crippen molar-refractivity contribution in [3.63, 3.8) is 0 Å². The first-order valence-electron chi connectivity index (χ1n) is 9.63. The Morgan fingerprint density at radius 1 is 1.00 bits per heavy atom. The minimum absolute atomic E-state index is 0.263. The lowest BCUT2D eigenvalue weighted by atomic mass is 10.1. The number of fused-ring (bicyclic) bond motifs is 1. The van der Waals surface area contributed by atoms with Crippen LogP contribution in [0.25, 0.3) is 22.6 Å². The summed E-state index contributed by atoms with van der Waals surface area (Å²) in [5, 5.41) is 2.93. The quantitative estimate of drug-likeness (QED) is 0.360. The summed E-state index contributed by atoms with van der Waals surface area (Å²) < 4.78 is 11.0. The fraction of sp³-hybridized carbons (Fsp3) is 0.125. The second kappa shape index (κ2) is 8.21. The molecule has 0 saturated heterocycles. The lowest BCUT2D eigenvalue weighted by Gasteiger charge is -2.11. The van der Waals surface area contributed by atoms with E-state index >= 15 is 0 Å². The zero-order valence-corrected chi connectivity index (χ0v) is 16.6. The normalized spacial score (nSPS) is 10.7. The molecule has 1 heterocycles. The second-order valence-electron chi connectivity index (χ2n) is 6.77. The van der Waals surface area contributed by atoms with Crippen molar-refractivity contribution >= 4 is 28.7 Å². The van der Waals surface area contributed by atoms with Crippen LogP contribution in [0.1, 0.15) is 29.3 Å². The molecular formula is C24H20N2O4. The summed E-state index contributed by atoms with van der Waals surface area (Å²) >= 11 is 0. The summed E-state index contributed by atoms with van der Waals surface area (Å²) in [5.41, 5.74) is 4.28. The van der Waals surface area contributed by atoms with Gasteiger partial charge in [-0.2, -0.15) is 0 Å². The fourth-order valence-corrected chi connectivity index (χ4v) is 3.06. The zero-order valence-electron chi connectivity index (χ0n) is 16.6. The van der Waals surface area contributed by atoms with E-state index in [0.717, 1.165) is 16.6 Å². The minimum Gasteiger partial charge on any atom is -0.436 e. The van der Waals surface area contributed by atoms with Gasteiger partial charge in [0.05, 0.1) is 0 Å². The molecule has 3 aromatic carbocycles. The number of oxazole rings is 1. The molecule has 6 nitrogen and oxygen atoms in total. The third-order valence-corrected chi connectivity index (χ3v) is 4.74. The zero-order chi connectivity index (χ0) is 21.1. The number of anilines is 1. The number of benzene rings is 3. The van der Waals surface area contributed by atoms with Crippen LogP contribution >= 0.6 is 0 Å². The molecule has 4 aromatic rings. The van der Waals surface area contributed by atoms with Gasteiger partial charge in [-0.05, 0) is 61.0 Å². The summed E-state index contributed by atoms with van der Waals surface area (Å²) in [4.78, 5) is 28.6. The van der Waals surface area contributed by atoms with E-state index in [0.29, 0.717) is 28.5 Å². The van der Waals surface area contributed by atoms with Gasteiger partial charge in [0.25, 0.3) is 5.91 Å². The molecule has 0 aliphatic carbocycles. The van der Waals surface area contributed by atoms with Gasteiger partial charge in [-0.3, -0.25) is 9.59 Å². The van der Waals surface area contributed by atoms with Crippen molar-refractivity contribution in [2.75, 3.05) is 5.32 Å². The molecule has 30 heavy (non-hydrogen) atoms. The Labute approximate surface area is 173 Å². The standard InChI is InChI=1S/C24H20N2O4/c1-3-22(27)29-17-13-11-16(12-14-17)23(28)25-19-9-6-7-18(15(19)2)24-26-20-8-4-5-10-21(20)30-24/h4-14H,3H2,1-2H3,(H,25,28). The molecule has 6 heteroatoms. The molecule has 0 spiro atoms. The molecule has 0 unspecified atom stereocenters. The number of aromatic nitrogens is 1. The van der Waals surface area contributed by atoms with E-state index < -0.39 is 0 Å². The van der Waals surface area contributed by atoms with Gasteiger partial charge >= 0.3 is 5.97 Å². The number of hydrogen-bond donors (Lipinski definition) is 1. The third-order valence-electron chi connectivity index (χ3n) is 4.74. The molecule has 4 rings (SSSR count). The Morgan fingerprint density at radius 3 is 2.50 bits per heavy atom. The smallest absolute Gasteiger partial charge is 0.310 e. The van der Waals surface area contributed by atoms with Gasteiger partial charge in [-0.1, -0.05) is 25.1 Å². The highest BCUT2D eigenvalue weighted by molar-refractivity contribution is 6.05. The number of ether oxygens (including phenoxy) is 1. The van der Waals surface area contributed by atoms with Gasteiger partial charge in [0.15, 0.2) is 5.58 Å². The monoisotopic (exact) mass is 400 g/mol. The van der Waals surface area contributed by atoms with E-state index in [-0.39, 0.29) is 18.3 Å². The molecule has 1 amide bonds. The number of carbonyl (C=O) groups excluding carboxylic acids is 2. The van der Waals surface area contributed by atoms with E-state index in [1.807, 2.05) is 49.4 Å². The lowest BCUT2D eigenvalue weighted by Crippen LogP contribution is -2.13. The second-order valence-corrected chi connectivity index (χ2v) is 6.77. The Hall–Kier alpha value is -3.93. The van der Waals surface area contributed by atoms with E-state index in [2.05, 4.69) is 10.3 Å². The maximum Gasteiger partial charge on any atom is 0.310 e. The number of rotatable bonds is 5. The van der Waals surface area contributed by atoms with Crippen LogP contribution in [0.3, 0.4) is 0 Å².